The second-order valence-electron chi connectivity index (χ2n) is 3.85. The lowest BCUT2D eigenvalue weighted by molar-refractivity contribution is 0.108. The van der Waals surface area contributed by atoms with Crippen molar-refractivity contribution < 1.29 is 4.79 Å². The number of benzene rings is 1. The van der Waals surface area contributed by atoms with Crippen molar-refractivity contribution in [1.82, 2.24) is 9.78 Å². The fourth-order valence-corrected chi connectivity index (χ4v) is 2.48. The second kappa shape index (κ2) is 4.92. The Morgan fingerprint density at radius 3 is 2.50 bits per heavy atom. The molecule has 2 rings (SSSR count). The topological polar surface area (TPSA) is 34.9 Å². The van der Waals surface area contributed by atoms with E-state index in [-0.39, 0.29) is 10.6 Å². The predicted molar refractivity (Wildman–Crippen MR) is 73.6 cm³/mol. The first-order chi connectivity index (χ1) is 8.41. The van der Waals surface area contributed by atoms with Crippen LogP contribution in [0.25, 0.3) is 11.3 Å². The van der Waals surface area contributed by atoms with E-state index in [9.17, 15) is 4.79 Å². The number of aromatic nitrogens is 2. The molecular weight excluding hydrogens is 295 g/mol. The van der Waals surface area contributed by atoms with Gasteiger partial charge in [-0.05, 0) is 36.7 Å². The molecule has 6 heteroatoms. The number of aryl methyl sites for hydroxylation is 2. The Morgan fingerprint density at radius 1 is 1.33 bits per heavy atom. The van der Waals surface area contributed by atoms with E-state index in [1.165, 1.54) is 6.07 Å². The summed E-state index contributed by atoms with van der Waals surface area (Å²) >= 11 is 17.7. The first kappa shape index (κ1) is 13.4. The van der Waals surface area contributed by atoms with Gasteiger partial charge in [-0.1, -0.05) is 23.2 Å². The Balaban J connectivity index is 2.70. The Hall–Kier alpha value is -1.03. The number of carbonyl (C=O) groups excluding carboxylic acids is 1. The Labute approximate surface area is 119 Å². The largest absolute Gasteiger partial charge is 0.276 e. The maximum atomic E-state index is 11.2. The van der Waals surface area contributed by atoms with Crippen molar-refractivity contribution in [1.29, 1.82) is 0 Å². The monoisotopic (exact) mass is 302 g/mol. The van der Waals surface area contributed by atoms with E-state index in [2.05, 4.69) is 5.10 Å². The number of carbonyl (C=O) groups is 1. The van der Waals surface area contributed by atoms with E-state index in [1.807, 2.05) is 20.0 Å². The van der Waals surface area contributed by atoms with Crippen molar-refractivity contribution in [3.8, 4) is 11.3 Å². The highest BCUT2D eigenvalue weighted by Gasteiger charge is 2.18. The van der Waals surface area contributed by atoms with Gasteiger partial charge in [0.05, 0.1) is 21.3 Å². The molecule has 18 heavy (non-hydrogen) atoms. The molecule has 0 aliphatic carbocycles. The third-order valence-electron chi connectivity index (χ3n) is 2.67. The van der Waals surface area contributed by atoms with Gasteiger partial charge < -0.3 is 0 Å². The summed E-state index contributed by atoms with van der Waals surface area (Å²) in [6.07, 6.45) is 0. The molecule has 0 fully saturated rings. The van der Waals surface area contributed by atoms with Crippen LogP contribution in [0.2, 0.25) is 10.0 Å². The van der Waals surface area contributed by atoms with Gasteiger partial charge in [0.15, 0.2) is 0 Å². The highest BCUT2D eigenvalue weighted by molar-refractivity contribution is 6.69. The van der Waals surface area contributed by atoms with Crippen molar-refractivity contribution in [3.05, 3.63) is 39.5 Å². The van der Waals surface area contributed by atoms with Gasteiger partial charge in [0.2, 0.25) is 0 Å². The molecule has 94 valence electrons. The molecule has 0 bridgehead atoms. The Bertz CT molecular complexity index is 615. The van der Waals surface area contributed by atoms with Crippen LogP contribution in [0.15, 0.2) is 18.2 Å². The average Bonchev–Trinajstić information content (AvgIpc) is 2.58. The first-order valence-electron chi connectivity index (χ1n) is 5.10. The molecule has 0 unspecified atom stereocenters. The molecule has 1 heterocycles. The second-order valence-corrected chi connectivity index (χ2v) is 4.98. The van der Waals surface area contributed by atoms with Crippen molar-refractivity contribution in [2.24, 2.45) is 7.05 Å². The quantitative estimate of drug-likeness (QED) is 0.784. The lowest BCUT2D eigenvalue weighted by atomic mass is 10.1. The van der Waals surface area contributed by atoms with Crippen LogP contribution >= 0.6 is 34.8 Å². The molecule has 0 atom stereocenters. The standard InChI is InChI=1S/C12H9Cl3N2O/c1-6-5-9(16-17(6)2)10-8(13)4-3-7(11(10)14)12(15)18/h3-5H,1-2H3. The molecule has 0 N–H and O–H groups in total. The van der Waals surface area contributed by atoms with Crippen LogP contribution in [0.3, 0.4) is 0 Å². The predicted octanol–water partition coefficient (Wildman–Crippen LogP) is 4.08. The van der Waals surface area contributed by atoms with E-state index < -0.39 is 5.24 Å². The molecule has 2 aromatic rings. The van der Waals surface area contributed by atoms with Crippen LogP contribution in [0.1, 0.15) is 16.1 Å². The fourth-order valence-electron chi connectivity index (χ4n) is 1.62. The van der Waals surface area contributed by atoms with Gasteiger partial charge in [-0.3, -0.25) is 9.48 Å². The number of nitrogens with zero attached hydrogens (tertiary/aromatic N) is 2. The van der Waals surface area contributed by atoms with Gasteiger partial charge in [0, 0.05) is 18.3 Å². The fraction of sp³-hybridized carbons (Fsp3) is 0.167. The lowest BCUT2D eigenvalue weighted by Crippen LogP contribution is -1.95. The highest BCUT2D eigenvalue weighted by Crippen LogP contribution is 2.37. The van der Waals surface area contributed by atoms with Gasteiger partial charge in [-0.15, -0.1) is 0 Å². The van der Waals surface area contributed by atoms with Crippen LogP contribution in [-0.2, 0) is 7.05 Å². The Kier molecular flexibility index (Phi) is 3.66. The van der Waals surface area contributed by atoms with E-state index in [4.69, 9.17) is 34.8 Å². The van der Waals surface area contributed by atoms with Crippen LogP contribution in [0, 0.1) is 6.92 Å². The molecule has 0 aliphatic heterocycles. The number of hydrogen-bond donors (Lipinski definition) is 0. The Morgan fingerprint density at radius 2 is 2.00 bits per heavy atom. The molecule has 0 saturated carbocycles. The minimum atomic E-state index is -0.620. The summed E-state index contributed by atoms with van der Waals surface area (Å²) in [6.45, 7) is 1.91. The minimum Gasteiger partial charge on any atom is -0.276 e. The van der Waals surface area contributed by atoms with Crippen molar-refractivity contribution in [2.75, 3.05) is 0 Å². The molecule has 1 aromatic heterocycles. The summed E-state index contributed by atoms with van der Waals surface area (Å²) in [5.74, 6) is 0. The highest BCUT2D eigenvalue weighted by atomic mass is 35.5. The minimum absolute atomic E-state index is 0.223. The zero-order chi connectivity index (χ0) is 13.4. The zero-order valence-corrected chi connectivity index (χ0v) is 11.9. The summed E-state index contributed by atoms with van der Waals surface area (Å²) in [5, 5.41) is 4.33. The molecule has 0 amide bonds. The molecule has 0 radical (unpaired) electrons. The molecule has 0 aliphatic rings. The van der Waals surface area contributed by atoms with Gasteiger partial charge in [0.1, 0.15) is 0 Å². The third kappa shape index (κ3) is 2.26. The van der Waals surface area contributed by atoms with E-state index in [0.29, 0.717) is 16.3 Å². The van der Waals surface area contributed by atoms with Crippen LogP contribution in [0.4, 0.5) is 0 Å². The molecule has 0 saturated heterocycles. The van der Waals surface area contributed by atoms with Crippen molar-refractivity contribution in [3.63, 3.8) is 0 Å². The zero-order valence-electron chi connectivity index (χ0n) is 9.67. The summed E-state index contributed by atoms with van der Waals surface area (Å²) < 4.78 is 1.71. The third-order valence-corrected chi connectivity index (χ3v) is 3.58. The summed E-state index contributed by atoms with van der Waals surface area (Å²) in [5.41, 5.74) is 2.32. The SMILES string of the molecule is Cc1cc(-c2c(Cl)ccc(C(=O)Cl)c2Cl)nn1C. The molecule has 3 nitrogen and oxygen atoms in total. The summed E-state index contributed by atoms with van der Waals surface area (Å²) in [6, 6.07) is 4.93. The van der Waals surface area contributed by atoms with Crippen molar-refractivity contribution >= 4 is 40.0 Å². The number of hydrogen-bond acceptors (Lipinski definition) is 2. The summed E-state index contributed by atoms with van der Waals surface area (Å²) in [7, 11) is 1.82. The number of rotatable bonds is 2. The molecular formula is C12H9Cl3N2O. The maximum absolute atomic E-state index is 11.2. The van der Waals surface area contributed by atoms with Crippen LogP contribution in [0.5, 0.6) is 0 Å². The normalized spacial score (nSPS) is 10.7. The molecule has 0 spiro atoms. The smallest absolute Gasteiger partial charge is 0.253 e. The van der Waals surface area contributed by atoms with E-state index >= 15 is 0 Å². The average molecular weight is 304 g/mol. The van der Waals surface area contributed by atoms with Crippen LogP contribution in [-0.4, -0.2) is 15.0 Å². The maximum Gasteiger partial charge on any atom is 0.253 e. The summed E-state index contributed by atoms with van der Waals surface area (Å²) in [4.78, 5) is 11.2. The van der Waals surface area contributed by atoms with Gasteiger partial charge in [-0.25, -0.2) is 0 Å². The van der Waals surface area contributed by atoms with Gasteiger partial charge >= 0.3 is 0 Å². The molecule has 1 aromatic carbocycles. The van der Waals surface area contributed by atoms with E-state index in [1.54, 1.807) is 10.7 Å². The van der Waals surface area contributed by atoms with E-state index in [0.717, 1.165) is 5.69 Å². The van der Waals surface area contributed by atoms with Gasteiger partial charge in [0.25, 0.3) is 5.24 Å². The lowest BCUT2D eigenvalue weighted by Gasteiger charge is -2.06. The van der Waals surface area contributed by atoms with Crippen LogP contribution < -0.4 is 0 Å². The first-order valence-corrected chi connectivity index (χ1v) is 6.24. The van der Waals surface area contributed by atoms with Crippen molar-refractivity contribution in [2.45, 2.75) is 6.92 Å². The number of halogens is 3. The van der Waals surface area contributed by atoms with Gasteiger partial charge in [-0.2, -0.15) is 5.10 Å².